The van der Waals surface area contributed by atoms with Crippen molar-refractivity contribution in [2.75, 3.05) is 18.6 Å². The van der Waals surface area contributed by atoms with Crippen LogP contribution in [-0.4, -0.2) is 33.0 Å². The molecule has 21 heavy (non-hydrogen) atoms. The number of halogens is 1. The highest BCUT2D eigenvalue weighted by molar-refractivity contribution is 9.10. The van der Waals surface area contributed by atoms with Gasteiger partial charge in [0.05, 0.1) is 4.90 Å². The number of nitrogens with one attached hydrogen (secondary N) is 2. The van der Waals surface area contributed by atoms with Crippen molar-refractivity contribution in [1.82, 2.24) is 10.0 Å². The normalized spacial score (nSPS) is 12.0. The van der Waals surface area contributed by atoms with Gasteiger partial charge in [-0.15, -0.1) is 0 Å². The summed E-state index contributed by atoms with van der Waals surface area (Å²) in [5, 5.41) is 3.31. The minimum absolute atomic E-state index is 0.292. The van der Waals surface area contributed by atoms with E-state index in [2.05, 4.69) is 39.8 Å². The summed E-state index contributed by atoms with van der Waals surface area (Å²) in [4.78, 5) is 0.292. The van der Waals surface area contributed by atoms with Crippen molar-refractivity contribution in [3.05, 3.63) is 28.2 Å². The Bertz CT molecular complexity index is 548. The standard InChI is InChI=1S/C14H23BrN2O2S2/c1-11(2)16-10-12-5-6-14(13(15)9-12)21(18,19)17-7-4-8-20-3/h5-6,9,11,16-17H,4,7-8,10H2,1-3H3. The summed E-state index contributed by atoms with van der Waals surface area (Å²) in [6.07, 6.45) is 2.84. The Morgan fingerprint density at radius 2 is 2.05 bits per heavy atom. The minimum Gasteiger partial charge on any atom is -0.310 e. The second-order valence-electron chi connectivity index (χ2n) is 5.04. The third-order valence-electron chi connectivity index (χ3n) is 2.82. The minimum atomic E-state index is -3.45. The van der Waals surface area contributed by atoms with Gasteiger partial charge in [0.1, 0.15) is 0 Å². The van der Waals surface area contributed by atoms with Crippen LogP contribution < -0.4 is 10.0 Å². The molecule has 0 aromatic heterocycles. The van der Waals surface area contributed by atoms with E-state index < -0.39 is 10.0 Å². The van der Waals surface area contributed by atoms with Crippen LogP contribution in [0.2, 0.25) is 0 Å². The van der Waals surface area contributed by atoms with E-state index >= 15 is 0 Å². The van der Waals surface area contributed by atoms with Crippen LogP contribution >= 0.6 is 27.7 Å². The Morgan fingerprint density at radius 1 is 1.33 bits per heavy atom. The summed E-state index contributed by atoms with van der Waals surface area (Å²) in [6, 6.07) is 5.74. The molecule has 120 valence electrons. The lowest BCUT2D eigenvalue weighted by atomic mass is 10.2. The summed E-state index contributed by atoms with van der Waals surface area (Å²) in [5.41, 5.74) is 1.05. The highest BCUT2D eigenvalue weighted by Gasteiger charge is 2.17. The molecular weight excluding hydrogens is 372 g/mol. The average Bonchev–Trinajstić information content (AvgIpc) is 2.41. The molecule has 1 rings (SSSR count). The summed E-state index contributed by atoms with van der Waals surface area (Å²) in [7, 11) is -3.45. The smallest absolute Gasteiger partial charge is 0.241 e. The third-order valence-corrected chi connectivity index (χ3v) is 5.95. The van der Waals surface area contributed by atoms with Gasteiger partial charge in [0, 0.05) is 23.6 Å². The largest absolute Gasteiger partial charge is 0.310 e. The van der Waals surface area contributed by atoms with Crippen molar-refractivity contribution in [3.63, 3.8) is 0 Å². The molecule has 0 radical (unpaired) electrons. The van der Waals surface area contributed by atoms with E-state index in [9.17, 15) is 8.42 Å². The van der Waals surface area contributed by atoms with Crippen molar-refractivity contribution < 1.29 is 8.42 Å². The Hall–Kier alpha value is -0.0800. The van der Waals surface area contributed by atoms with Gasteiger partial charge in [-0.3, -0.25) is 0 Å². The first-order valence-electron chi connectivity index (χ1n) is 6.87. The van der Waals surface area contributed by atoms with Crippen LogP contribution in [-0.2, 0) is 16.6 Å². The number of hydrogen-bond donors (Lipinski definition) is 2. The molecular formula is C14H23BrN2O2S2. The summed E-state index contributed by atoms with van der Waals surface area (Å²) in [6.45, 7) is 5.34. The highest BCUT2D eigenvalue weighted by atomic mass is 79.9. The van der Waals surface area contributed by atoms with Gasteiger partial charge in [-0.2, -0.15) is 11.8 Å². The van der Waals surface area contributed by atoms with Crippen LogP contribution in [0.15, 0.2) is 27.6 Å². The lowest BCUT2D eigenvalue weighted by Crippen LogP contribution is -2.26. The Morgan fingerprint density at radius 3 is 2.62 bits per heavy atom. The molecule has 0 saturated heterocycles. The number of sulfonamides is 1. The molecule has 0 saturated carbocycles. The second-order valence-corrected chi connectivity index (χ2v) is 8.62. The van der Waals surface area contributed by atoms with Gasteiger partial charge in [-0.1, -0.05) is 19.9 Å². The third kappa shape index (κ3) is 6.69. The maximum absolute atomic E-state index is 12.2. The zero-order valence-electron chi connectivity index (χ0n) is 12.6. The van der Waals surface area contributed by atoms with E-state index in [1.54, 1.807) is 17.8 Å². The molecule has 0 heterocycles. The van der Waals surface area contributed by atoms with E-state index in [1.165, 1.54) is 0 Å². The first kappa shape index (κ1) is 19.0. The maximum atomic E-state index is 12.2. The summed E-state index contributed by atoms with van der Waals surface area (Å²) < 4.78 is 27.7. The SMILES string of the molecule is CSCCCNS(=O)(=O)c1ccc(CNC(C)C)cc1Br. The van der Waals surface area contributed by atoms with Crippen molar-refractivity contribution in [2.24, 2.45) is 0 Å². The van der Waals surface area contributed by atoms with Crippen LogP contribution in [0.4, 0.5) is 0 Å². The Balaban J connectivity index is 2.74. The molecule has 7 heteroatoms. The predicted octanol–water partition coefficient (Wildman–Crippen LogP) is 2.98. The maximum Gasteiger partial charge on any atom is 0.241 e. The van der Waals surface area contributed by atoms with Gasteiger partial charge in [-0.25, -0.2) is 13.1 Å². The lowest BCUT2D eigenvalue weighted by molar-refractivity contribution is 0.579. The zero-order chi connectivity index (χ0) is 15.9. The van der Waals surface area contributed by atoms with Gasteiger partial charge < -0.3 is 5.32 Å². The molecule has 0 atom stereocenters. The first-order chi connectivity index (χ1) is 9.86. The van der Waals surface area contributed by atoms with E-state index in [4.69, 9.17) is 0 Å². The summed E-state index contributed by atoms with van der Waals surface area (Å²) in [5.74, 6) is 0.948. The average molecular weight is 395 g/mol. The van der Waals surface area contributed by atoms with Crippen molar-refractivity contribution in [1.29, 1.82) is 0 Å². The molecule has 0 unspecified atom stereocenters. The molecule has 0 fully saturated rings. The van der Waals surface area contributed by atoms with Crippen molar-refractivity contribution in [3.8, 4) is 0 Å². The molecule has 0 spiro atoms. The molecule has 0 aliphatic carbocycles. The Labute approximate surface area is 140 Å². The van der Waals surface area contributed by atoms with Gasteiger partial charge in [0.2, 0.25) is 10.0 Å². The van der Waals surface area contributed by atoms with E-state index in [0.29, 0.717) is 22.0 Å². The molecule has 0 aliphatic heterocycles. The van der Waals surface area contributed by atoms with E-state index in [-0.39, 0.29) is 0 Å². The van der Waals surface area contributed by atoms with Crippen LogP contribution in [0.5, 0.6) is 0 Å². The number of benzene rings is 1. The zero-order valence-corrected chi connectivity index (χ0v) is 15.9. The molecule has 1 aromatic rings. The van der Waals surface area contributed by atoms with E-state index in [0.717, 1.165) is 24.3 Å². The Kier molecular flexibility index (Phi) is 8.26. The fourth-order valence-corrected chi connectivity index (χ4v) is 4.32. The number of hydrogen-bond acceptors (Lipinski definition) is 4. The van der Waals surface area contributed by atoms with Gasteiger partial charge in [0.25, 0.3) is 0 Å². The van der Waals surface area contributed by atoms with E-state index in [1.807, 2.05) is 18.4 Å². The predicted molar refractivity (Wildman–Crippen MR) is 94.3 cm³/mol. The van der Waals surface area contributed by atoms with Gasteiger partial charge in [-0.05, 0) is 52.1 Å². The molecule has 4 nitrogen and oxygen atoms in total. The lowest BCUT2D eigenvalue weighted by Gasteiger charge is -2.11. The fraction of sp³-hybridized carbons (Fsp3) is 0.571. The second kappa shape index (κ2) is 9.15. The highest BCUT2D eigenvalue weighted by Crippen LogP contribution is 2.23. The van der Waals surface area contributed by atoms with Crippen LogP contribution in [0.1, 0.15) is 25.8 Å². The quantitative estimate of drug-likeness (QED) is 0.632. The summed E-state index contributed by atoms with van der Waals surface area (Å²) >= 11 is 5.07. The van der Waals surface area contributed by atoms with Crippen LogP contribution in [0, 0.1) is 0 Å². The van der Waals surface area contributed by atoms with Crippen LogP contribution in [0.3, 0.4) is 0 Å². The number of thioether (sulfide) groups is 1. The molecule has 0 amide bonds. The molecule has 2 N–H and O–H groups in total. The van der Waals surface area contributed by atoms with Crippen molar-refractivity contribution >= 4 is 37.7 Å². The van der Waals surface area contributed by atoms with Gasteiger partial charge >= 0.3 is 0 Å². The number of rotatable bonds is 9. The topological polar surface area (TPSA) is 58.2 Å². The molecule has 0 bridgehead atoms. The fourth-order valence-electron chi connectivity index (χ4n) is 1.70. The molecule has 0 aliphatic rings. The monoisotopic (exact) mass is 394 g/mol. The van der Waals surface area contributed by atoms with Crippen LogP contribution in [0.25, 0.3) is 0 Å². The first-order valence-corrected chi connectivity index (χ1v) is 10.5. The molecule has 1 aromatic carbocycles. The van der Waals surface area contributed by atoms with Gasteiger partial charge in [0.15, 0.2) is 0 Å². The van der Waals surface area contributed by atoms with Crippen molar-refractivity contribution in [2.45, 2.75) is 37.8 Å².